The standard InChI is InChI=1S/C14H23O7P/c1-20-12(15)14(13(16)21-7-8-22(17,18)19)9-11(14)10-5-3-2-4-6-10/h10-11H,2-9H2,1H3,(H2,17,18,19). The van der Waals surface area contributed by atoms with Gasteiger partial charge < -0.3 is 19.3 Å². The van der Waals surface area contributed by atoms with Gasteiger partial charge in [0.2, 0.25) is 0 Å². The third kappa shape index (κ3) is 3.70. The molecule has 0 aromatic carbocycles. The van der Waals surface area contributed by atoms with Gasteiger partial charge in [-0.05, 0) is 18.3 Å². The van der Waals surface area contributed by atoms with Gasteiger partial charge in [0.1, 0.15) is 6.61 Å². The van der Waals surface area contributed by atoms with Gasteiger partial charge in [0, 0.05) is 0 Å². The number of methoxy groups -OCH3 is 1. The summed E-state index contributed by atoms with van der Waals surface area (Å²) in [5, 5.41) is 0. The van der Waals surface area contributed by atoms with E-state index >= 15 is 0 Å². The lowest BCUT2D eigenvalue weighted by Crippen LogP contribution is -2.33. The maximum atomic E-state index is 12.3. The first-order valence-electron chi connectivity index (χ1n) is 7.61. The van der Waals surface area contributed by atoms with E-state index in [1.165, 1.54) is 13.5 Å². The zero-order valence-electron chi connectivity index (χ0n) is 12.7. The lowest BCUT2D eigenvalue weighted by atomic mass is 9.82. The maximum Gasteiger partial charge on any atom is 0.328 e. The van der Waals surface area contributed by atoms with Crippen LogP contribution in [0.2, 0.25) is 0 Å². The normalized spacial score (nSPS) is 29.0. The summed E-state index contributed by atoms with van der Waals surface area (Å²) in [6, 6.07) is 0. The molecule has 2 saturated carbocycles. The van der Waals surface area contributed by atoms with Crippen molar-refractivity contribution in [1.29, 1.82) is 0 Å². The quantitative estimate of drug-likeness (QED) is 0.430. The molecule has 2 fully saturated rings. The van der Waals surface area contributed by atoms with Gasteiger partial charge in [-0.25, -0.2) is 0 Å². The molecule has 0 aliphatic heterocycles. The molecule has 0 aromatic heterocycles. The second-order valence-electron chi connectivity index (χ2n) is 6.20. The molecule has 0 bridgehead atoms. The molecule has 2 rings (SSSR count). The molecule has 8 heteroatoms. The van der Waals surface area contributed by atoms with Crippen LogP contribution in [0.5, 0.6) is 0 Å². The van der Waals surface area contributed by atoms with Gasteiger partial charge in [-0.15, -0.1) is 0 Å². The van der Waals surface area contributed by atoms with Crippen molar-refractivity contribution in [2.24, 2.45) is 17.3 Å². The summed E-state index contributed by atoms with van der Waals surface area (Å²) in [4.78, 5) is 41.9. The summed E-state index contributed by atoms with van der Waals surface area (Å²) in [7, 11) is -2.98. The highest BCUT2D eigenvalue weighted by molar-refractivity contribution is 7.51. The van der Waals surface area contributed by atoms with Crippen molar-refractivity contribution < 1.29 is 33.4 Å². The molecule has 7 nitrogen and oxygen atoms in total. The van der Waals surface area contributed by atoms with Crippen LogP contribution in [0, 0.1) is 17.3 Å². The zero-order valence-corrected chi connectivity index (χ0v) is 13.6. The smallest absolute Gasteiger partial charge is 0.328 e. The third-order valence-electron chi connectivity index (χ3n) is 4.76. The summed E-state index contributed by atoms with van der Waals surface area (Å²) in [5.41, 5.74) is -1.26. The Kier molecular flexibility index (Phi) is 5.30. The summed E-state index contributed by atoms with van der Waals surface area (Å²) >= 11 is 0. The fourth-order valence-electron chi connectivity index (χ4n) is 3.51. The van der Waals surface area contributed by atoms with Gasteiger partial charge in [0.15, 0.2) is 5.41 Å². The summed E-state index contributed by atoms with van der Waals surface area (Å²) < 4.78 is 20.5. The average Bonchev–Trinajstić information content (AvgIpc) is 3.23. The highest BCUT2D eigenvalue weighted by Crippen LogP contribution is 2.60. The van der Waals surface area contributed by atoms with E-state index in [-0.39, 0.29) is 12.5 Å². The van der Waals surface area contributed by atoms with Crippen LogP contribution in [-0.2, 0) is 23.6 Å². The van der Waals surface area contributed by atoms with Crippen molar-refractivity contribution in [1.82, 2.24) is 0 Å². The predicted octanol–water partition coefficient (Wildman–Crippen LogP) is 1.47. The van der Waals surface area contributed by atoms with Crippen molar-refractivity contribution in [3.63, 3.8) is 0 Å². The van der Waals surface area contributed by atoms with Crippen molar-refractivity contribution in [3.05, 3.63) is 0 Å². The molecule has 2 atom stereocenters. The zero-order chi connectivity index (χ0) is 16.4. The molecule has 0 saturated heterocycles. The van der Waals surface area contributed by atoms with E-state index in [1.54, 1.807) is 0 Å². The van der Waals surface area contributed by atoms with E-state index in [0.29, 0.717) is 12.3 Å². The van der Waals surface area contributed by atoms with Gasteiger partial charge in [0.05, 0.1) is 13.3 Å². The highest BCUT2D eigenvalue weighted by Gasteiger charge is 2.69. The number of esters is 2. The molecule has 2 aliphatic carbocycles. The minimum absolute atomic E-state index is 0.0668. The molecule has 0 spiro atoms. The lowest BCUT2D eigenvalue weighted by molar-refractivity contribution is -0.164. The Bertz CT molecular complexity index is 480. The largest absolute Gasteiger partial charge is 0.468 e. The second kappa shape index (κ2) is 6.69. The molecule has 0 radical (unpaired) electrons. The van der Waals surface area contributed by atoms with Crippen LogP contribution >= 0.6 is 7.60 Å². The summed E-state index contributed by atoms with van der Waals surface area (Å²) in [5.74, 6) is -1.04. The number of carbonyl (C=O) groups is 2. The summed E-state index contributed by atoms with van der Waals surface area (Å²) in [6.45, 7) is -0.390. The van der Waals surface area contributed by atoms with Gasteiger partial charge >= 0.3 is 19.5 Å². The van der Waals surface area contributed by atoms with Crippen LogP contribution in [0.25, 0.3) is 0 Å². The Hall–Kier alpha value is -0.910. The number of carbonyl (C=O) groups excluding carboxylic acids is 2. The second-order valence-corrected chi connectivity index (χ2v) is 7.97. The van der Waals surface area contributed by atoms with Crippen LogP contribution < -0.4 is 0 Å². The number of ether oxygens (including phenoxy) is 2. The minimum Gasteiger partial charge on any atom is -0.468 e. The molecular weight excluding hydrogens is 311 g/mol. The van der Waals surface area contributed by atoms with Crippen LogP contribution in [0.15, 0.2) is 0 Å². The fourth-order valence-corrected chi connectivity index (χ4v) is 3.84. The highest BCUT2D eigenvalue weighted by atomic mass is 31.2. The van der Waals surface area contributed by atoms with E-state index in [0.717, 1.165) is 25.7 Å². The molecule has 2 unspecified atom stereocenters. The molecule has 0 amide bonds. The van der Waals surface area contributed by atoms with Gasteiger partial charge in [-0.1, -0.05) is 32.1 Å². The Balaban J connectivity index is 2.00. The van der Waals surface area contributed by atoms with Crippen molar-refractivity contribution >= 4 is 19.5 Å². The molecule has 0 aromatic rings. The molecule has 22 heavy (non-hydrogen) atoms. The molecule has 0 heterocycles. The first-order chi connectivity index (χ1) is 10.3. The van der Waals surface area contributed by atoms with E-state index < -0.39 is 31.1 Å². The average molecular weight is 334 g/mol. The van der Waals surface area contributed by atoms with Crippen LogP contribution in [0.1, 0.15) is 38.5 Å². The van der Waals surface area contributed by atoms with E-state index in [2.05, 4.69) is 0 Å². The number of hydrogen-bond donors (Lipinski definition) is 2. The first-order valence-corrected chi connectivity index (χ1v) is 9.41. The van der Waals surface area contributed by atoms with Crippen LogP contribution in [-0.4, -0.2) is 41.6 Å². The monoisotopic (exact) mass is 334 g/mol. The van der Waals surface area contributed by atoms with Gasteiger partial charge in [-0.2, -0.15) is 0 Å². The maximum absolute atomic E-state index is 12.3. The minimum atomic E-state index is -4.22. The van der Waals surface area contributed by atoms with E-state index in [4.69, 9.17) is 19.3 Å². The van der Waals surface area contributed by atoms with Gasteiger partial charge in [0.25, 0.3) is 0 Å². The molecule has 2 N–H and O–H groups in total. The Labute approximate surface area is 129 Å². The molecule has 126 valence electrons. The molecular formula is C14H23O7P. The topological polar surface area (TPSA) is 110 Å². The van der Waals surface area contributed by atoms with Crippen molar-refractivity contribution in [2.45, 2.75) is 38.5 Å². The number of rotatable bonds is 6. The predicted molar refractivity (Wildman–Crippen MR) is 77.0 cm³/mol. The number of hydrogen-bond acceptors (Lipinski definition) is 5. The van der Waals surface area contributed by atoms with Crippen LogP contribution in [0.4, 0.5) is 0 Å². The van der Waals surface area contributed by atoms with Crippen molar-refractivity contribution in [2.75, 3.05) is 19.9 Å². The Morgan fingerprint density at radius 2 is 1.82 bits per heavy atom. The lowest BCUT2D eigenvalue weighted by Gasteiger charge is -2.24. The SMILES string of the molecule is COC(=O)C1(C(=O)OCCP(=O)(O)O)CC1C1CCCCC1. The van der Waals surface area contributed by atoms with Crippen LogP contribution in [0.3, 0.4) is 0 Å². The van der Waals surface area contributed by atoms with Crippen molar-refractivity contribution in [3.8, 4) is 0 Å². The Morgan fingerprint density at radius 1 is 1.18 bits per heavy atom. The van der Waals surface area contributed by atoms with E-state index in [9.17, 15) is 14.2 Å². The van der Waals surface area contributed by atoms with E-state index in [1.807, 2.05) is 0 Å². The fraction of sp³-hybridized carbons (Fsp3) is 0.857. The molecule has 2 aliphatic rings. The first kappa shape index (κ1) is 17.4. The Morgan fingerprint density at radius 3 is 2.36 bits per heavy atom. The van der Waals surface area contributed by atoms with Gasteiger partial charge in [-0.3, -0.25) is 14.2 Å². The third-order valence-corrected chi connectivity index (χ3v) is 5.53. The summed E-state index contributed by atoms with van der Waals surface area (Å²) in [6.07, 6.45) is 5.26.